The molecular weight excluding hydrogens is 320 g/mol. The zero-order valence-electron chi connectivity index (χ0n) is 14.6. The normalized spacial score (nSPS) is 23.7. The molecule has 2 aromatic rings. The van der Waals surface area contributed by atoms with Crippen molar-refractivity contribution in [1.82, 2.24) is 10.1 Å². The van der Waals surface area contributed by atoms with E-state index in [0.29, 0.717) is 31.4 Å². The molecule has 1 aromatic heterocycles. The van der Waals surface area contributed by atoms with Gasteiger partial charge in [0, 0.05) is 31.5 Å². The van der Waals surface area contributed by atoms with E-state index < -0.39 is 11.7 Å². The highest BCUT2D eigenvalue weighted by Crippen LogP contribution is 2.33. The second kappa shape index (κ2) is 6.98. The first-order chi connectivity index (χ1) is 11.9. The molecule has 0 spiro atoms. The fourth-order valence-corrected chi connectivity index (χ4v) is 3.46. The fourth-order valence-electron chi connectivity index (χ4n) is 3.46. The van der Waals surface area contributed by atoms with Gasteiger partial charge < -0.3 is 19.6 Å². The van der Waals surface area contributed by atoms with Gasteiger partial charge in [0.1, 0.15) is 17.5 Å². The lowest BCUT2D eigenvalue weighted by Gasteiger charge is -2.42. The maximum absolute atomic E-state index is 12.5. The van der Waals surface area contributed by atoms with Crippen molar-refractivity contribution >= 4 is 5.91 Å². The second-order valence-electron chi connectivity index (χ2n) is 6.70. The number of piperidine rings is 1. The van der Waals surface area contributed by atoms with Gasteiger partial charge in [-0.1, -0.05) is 35.5 Å². The summed E-state index contributed by atoms with van der Waals surface area (Å²) in [6.07, 6.45) is 0.205. The van der Waals surface area contributed by atoms with E-state index in [-0.39, 0.29) is 12.5 Å². The Labute approximate surface area is 147 Å². The molecule has 1 amide bonds. The Kier molecular flexibility index (Phi) is 4.92. The summed E-state index contributed by atoms with van der Waals surface area (Å²) in [5, 5.41) is 25.2. The maximum Gasteiger partial charge on any atom is 0.222 e. The first kappa shape index (κ1) is 17.6. The molecule has 1 aromatic carbocycles. The Morgan fingerprint density at radius 3 is 2.68 bits per heavy atom. The Bertz CT molecular complexity index is 724. The number of nitrogens with zero attached hydrogens (tertiary/aromatic N) is 2. The van der Waals surface area contributed by atoms with E-state index in [2.05, 4.69) is 5.16 Å². The number of carbonyl (C=O) groups is 1. The molecule has 1 aliphatic heterocycles. The van der Waals surface area contributed by atoms with E-state index >= 15 is 0 Å². The number of benzene rings is 1. The number of aromatic nitrogens is 1. The molecule has 1 aliphatic rings. The predicted octanol–water partition coefficient (Wildman–Crippen LogP) is 1.71. The Morgan fingerprint density at radius 2 is 2.08 bits per heavy atom. The molecule has 25 heavy (non-hydrogen) atoms. The van der Waals surface area contributed by atoms with Gasteiger partial charge in [0.2, 0.25) is 5.91 Å². The zero-order valence-corrected chi connectivity index (χ0v) is 14.6. The first-order valence-corrected chi connectivity index (χ1v) is 8.57. The topological polar surface area (TPSA) is 86.8 Å². The van der Waals surface area contributed by atoms with Crippen LogP contribution < -0.4 is 0 Å². The quantitative estimate of drug-likeness (QED) is 0.882. The Hall–Kier alpha value is -2.18. The summed E-state index contributed by atoms with van der Waals surface area (Å²) >= 11 is 0. The first-order valence-electron chi connectivity index (χ1n) is 8.57. The van der Waals surface area contributed by atoms with Gasteiger partial charge in [0.25, 0.3) is 0 Å². The molecule has 6 heteroatoms. The van der Waals surface area contributed by atoms with E-state index in [1.165, 1.54) is 0 Å². The molecule has 1 fully saturated rings. The third kappa shape index (κ3) is 3.45. The third-order valence-corrected chi connectivity index (χ3v) is 5.10. The molecule has 3 rings (SSSR count). The van der Waals surface area contributed by atoms with E-state index in [0.717, 1.165) is 17.0 Å². The number of carbonyl (C=O) groups excluding carboxylic acids is 1. The lowest BCUT2D eigenvalue weighted by Crippen LogP contribution is -2.55. The highest BCUT2D eigenvalue weighted by molar-refractivity contribution is 5.76. The van der Waals surface area contributed by atoms with E-state index in [4.69, 9.17) is 4.52 Å². The van der Waals surface area contributed by atoms with Crippen LogP contribution in [0.15, 0.2) is 34.9 Å². The number of hydrogen-bond acceptors (Lipinski definition) is 5. The van der Waals surface area contributed by atoms with Gasteiger partial charge in [0.05, 0.1) is 5.69 Å². The molecule has 2 N–H and O–H groups in total. The number of rotatable bonds is 4. The number of aliphatic hydroxyl groups is 2. The molecule has 2 heterocycles. The SMILES string of the molecule is Cc1noc(C)c1CCC(=O)N1CC[C@](O)(c2ccccc2)[C@@H](O)C1. The second-order valence-corrected chi connectivity index (χ2v) is 6.70. The number of aryl methyl sites for hydroxylation is 2. The molecule has 134 valence electrons. The van der Waals surface area contributed by atoms with Crippen LogP contribution in [0.4, 0.5) is 0 Å². The van der Waals surface area contributed by atoms with Crippen molar-refractivity contribution in [3.05, 3.63) is 52.9 Å². The summed E-state index contributed by atoms with van der Waals surface area (Å²) in [6, 6.07) is 9.14. The molecule has 2 atom stereocenters. The van der Waals surface area contributed by atoms with Gasteiger partial charge >= 0.3 is 0 Å². The van der Waals surface area contributed by atoms with Crippen molar-refractivity contribution in [3.63, 3.8) is 0 Å². The van der Waals surface area contributed by atoms with Crippen molar-refractivity contribution < 1.29 is 19.5 Å². The molecule has 0 bridgehead atoms. The van der Waals surface area contributed by atoms with E-state index in [1.54, 1.807) is 17.0 Å². The summed E-state index contributed by atoms with van der Waals surface area (Å²) in [5.41, 5.74) is 1.15. The largest absolute Gasteiger partial charge is 0.388 e. The highest BCUT2D eigenvalue weighted by Gasteiger charge is 2.42. The van der Waals surface area contributed by atoms with Gasteiger partial charge in [-0.25, -0.2) is 0 Å². The molecule has 6 nitrogen and oxygen atoms in total. The average Bonchev–Trinajstić information content (AvgIpc) is 2.94. The van der Waals surface area contributed by atoms with Crippen LogP contribution in [0, 0.1) is 13.8 Å². The van der Waals surface area contributed by atoms with Crippen LogP contribution in [0.1, 0.15) is 35.4 Å². The smallest absolute Gasteiger partial charge is 0.222 e. The van der Waals surface area contributed by atoms with E-state index in [1.807, 2.05) is 32.0 Å². The Morgan fingerprint density at radius 1 is 1.36 bits per heavy atom. The molecular formula is C19H24N2O4. The fraction of sp³-hybridized carbons (Fsp3) is 0.474. The van der Waals surface area contributed by atoms with Gasteiger partial charge in [-0.2, -0.15) is 0 Å². The van der Waals surface area contributed by atoms with Crippen molar-refractivity contribution in [2.45, 2.75) is 44.8 Å². The minimum Gasteiger partial charge on any atom is -0.388 e. The summed E-state index contributed by atoms with van der Waals surface area (Å²) in [6.45, 7) is 4.25. The van der Waals surface area contributed by atoms with Crippen LogP contribution >= 0.6 is 0 Å². The monoisotopic (exact) mass is 344 g/mol. The van der Waals surface area contributed by atoms with Crippen molar-refractivity contribution in [2.24, 2.45) is 0 Å². The van der Waals surface area contributed by atoms with Gasteiger partial charge in [-0.3, -0.25) is 4.79 Å². The summed E-state index contributed by atoms with van der Waals surface area (Å²) < 4.78 is 5.12. The van der Waals surface area contributed by atoms with Gasteiger partial charge in [-0.05, 0) is 25.8 Å². The van der Waals surface area contributed by atoms with Crippen LogP contribution in [0.3, 0.4) is 0 Å². The third-order valence-electron chi connectivity index (χ3n) is 5.10. The molecule has 1 saturated heterocycles. The Balaban J connectivity index is 1.62. The predicted molar refractivity (Wildman–Crippen MR) is 91.8 cm³/mol. The minimum atomic E-state index is -1.31. The van der Waals surface area contributed by atoms with Crippen molar-refractivity contribution in [3.8, 4) is 0 Å². The standard InChI is InChI=1S/C19H24N2O4/c1-13-16(14(2)25-20-13)8-9-18(23)21-11-10-19(24,17(22)12-21)15-6-4-3-5-7-15/h3-7,17,22,24H,8-12H2,1-2H3/t17-,19-/m0/s1. The number of amides is 1. The van der Waals surface area contributed by atoms with Gasteiger partial charge in [-0.15, -0.1) is 0 Å². The molecule has 0 radical (unpaired) electrons. The van der Waals surface area contributed by atoms with E-state index in [9.17, 15) is 15.0 Å². The average molecular weight is 344 g/mol. The summed E-state index contributed by atoms with van der Waals surface area (Å²) in [5.74, 6) is 0.705. The summed E-state index contributed by atoms with van der Waals surface area (Å²) in [7, 11) is 0. The van der Waals surface area contributed by atoms with Crippen LogP contribution in [-0.2, 0) is 16.8 Å². The lowest BCUT2D eigenvalue weighted by molar-refractivity contribution is -0.151. The number of likely N-dealkylation sites (tertiary alicyclic amines) is 1. The van der Waals surface area contributed by atoms with Gasteiger partial charge in [0.15, 0.2) is 0 Å². The summed E-state index contributed by atoms with van der Waals surface area (Å²) in [4.78, 5) is 14.1. The number of aliphatic hydroxyl groups excluding tert-OH is 1. The lowest BCUT2D eigenvalue weighted by atomic mass is 9.82. The van der Waals surface area contributed by atoms with Crippen molar-refractivity contribution in [2.75, 3.05) is 13.1 Å². The minimum absolute atomic E-state index is 0.0332. The zero-order chi connectivity index (χ0) is 18.0. The van der Waals surface area contributed by atoms with Crippen LogP contribution in [0.25, 0.3) is 0 Å². The van der Waals surface area contributed by atoms with Crippen molar-refractivity contribution in [1.29, 1.82) is 0 Å². The van der Waals surface area contributed by atoms with Crippen LogP contribution in [0.5, 0.6) is 0 Å². The van der Waals surface area contributed by atoms with Crippen LogP contribution in [0.2, 0.25) is 0 Å². The maximum atomic E-state index is 12.5. The molecule has 0 aliphatic carbocycles. The number of β-amino-alcohol motifs (C(OH)–C–C–N with tert-alkyl or cyclic N) is 1. The number of hydrogen-bond donors (Lipinski definition) is 2. The molecule has 0 saturated carbocycles. The highest BCUT2D eigenvalue weighted by atomic mass is 16.5. The van der Waals surface area contributed by atoms with Crippen LogP contribution in [-0.4, -0.2) is 45.4 Å². The molecule has 0 unspecified atom stereocenters.